The van der Waals surface area contributed by atoms with Gasteiger partial charge in [-0.2, -0.15) is 4.58 Å². The number of hydrogen-bond donors (Lipinski definition) is 2. The SMILES string of the molecule is C[N+]1=C(/C=C/C=C/C=C2/N(CCCCCC(=O)NCCOCCOCCNC(=O)OC3CC/C=C\CCC3)c3ccccc3C2(C)C)C(C)(C)c2ccccc21. The molecule has 5 rings (SSSR count). The molecule has 1 aliphatic carbocycles. The van der Waals surface area contributed by atoms with Crippen molar-refractivity contribution < 1.29 is 28.4 Å². The van der Waals surface area contributed by atoms with Gasteiger partial charge < -0.3 is 29.7 Å². The maximum atomic E-state index is 12.5. The minimum atomic E-state index is -0.380. The van der Waals surface area contributed by atoms with Crippen molar-refractivity contribution in [1.82, 2.24) is 10.6 Å². The van der Waals surface area contributed by atoms with Gasteiger partial charge in [0.25, 0.3) is 0 Å². The quantitative estimate of drug-likeness (QED) is 0.0643. The maximum Gasteiger partial charge on any atom is 0.407 e. The second kappa shape index (κ2) is 21.2. The number of rotatable bonds is 19. The van der Waals surface area contributed by atoms with Crippen molar-refractivity contribution in [2.75, 3.05) is 58.0 Å². The summed E-state index contributed by atoms with van der Waals surface area (Å²) in [5.74, 6) is 0.0549. The lowest BCUT2D eigenvalue weighted by Gasteiger charge is -2.27. The molecule has 2 N–H and O–H groups in total. The van der Waals surface area contributed by atoms with Gasteiger partial charge in [0.2, 0.25) is 11.6 Å². The van der Waals surface area contributed by atoms with E-state index in [2.05, 4.69) is 146 Å². The van der Waals surface area contributed by atoms with Crippen LogP contribution in [0.15, 0.2) is 96.8 Å². The molecule has 302 valence electrons. The fraction of sp³-hybridized carbons (Fsp3) is 0.511. The van der Waals surface area contributed by atoms with Crippen molar-refractivity contribution in [2.24, 2.45) is 0 Å². The highest BCUT2D eigenvalue weighted by Crippen LogP contribution is 2.47. The number of benzene rings is 2. The summed E-state index contributed by atoms with van der Waals surface area (Å²) < 4.78 is 19.0. The van der Waals surface area contributed by atoms with Gasteiger partial charge in [0.05, 0.1) is 31.8 Å². The van der Waals surface area contributed by atoms with E-state index in [1.165, 1.54) is 33.9 Å². The van der Waals surface area contributed by atoms with E-state index in [1.807, 2.05) is 0 Å². The van der Waals surface area contributed by atoms with Gasteiger partial charge in [0, 0.05) is 60.6 Å². The molecule has 0 saturated carbocycles. The molecule has 9 nitrogen and oxygen atoms in total. The first kappa shape index (κ1) is 42.7. The van der Waals surface area contributed by atoms with E-state index < -0.39 is 0 Å². The van der Waals surface area contributed by atoms with Crippen LogP contribution in [-0.2, 0) is 29.8 Å². The summed E-state index contributed by atoms with van der Waals surface area (Å²) >= 11 is 0. The highest BCUT2D eigenvalue weighted by molar-refractivity contribution is 6.03. The Morgan fingerprint density at radius 1 is 0.804 bits per heavy atom. The third-order valence-corrected chi connectivity index (χ3v) is 11.2. The average molecular weight is 766 g/mol. The van der Waals surface area contributed by atoms with Crippen LogP contribution in [0.5, 0.6) is 0 Å². The van der Waals surface area contributed by atoms with E-state index >= 15 is 0 Å². The van der Waals surface area contributed by atoms with Crippen molar-refractivity contribution in [1.29, 1.82) is 0 Å². The van der Waals surface area contributed by atoms with Crippen LogP contribution in [0.3, 0.4) is 0 Å². The zero-order chi connectivity index (χ0) is 39.8. The number of allylic oxidation sites excluding steroid dienone is 8. The largest absolute Gasteiger partial charge is 0.446 e. The monoisotopic (exact) mass is 765 g/mol. The average Bonchev–Trinajstić information content (AvgIpc) is 3.50. The van der Waals surface area contributed by atoms with Gasteiger partial charge in [-0.25, -0.2) is 4.79 Å². The number of alkyl carbamates (subject to hydrolysis) is 1. The Hall–Kier alpha value is -4.47. The van der Waals surface area contributed by atoms with E-state index in [9.17, 15) is 9.59 Å². The van der Waals surface area contributed by atoms with Crippen molar-refractivity contribution in [3.63, 3.8) is 0 Å². The Bertz CT molecular complexity index is 1770. The molecule has 0 aromatic heterocycles. The Morgan fingerprint density at radius 3 is 2.30 bits per heavy atom. The number of fused-ring (bicyclic) bond motifs is 2. The van der Waals surface area contributed by atoms with Gasteiger partial charge in [0.15, 0.2) is 5.71 Å². The molecule has 1 unspecified atom stereocenters. The van der Waals surface area contributed by atoms with Crippen molar-refractivity contribution in [3.8, 4) is 0 Å². The van der Waals surface area contributed by atoms with Crippen molar-refractivity contribution in [2.45, 2.75) is 102 Å². The topological polar surface area (TPSA) is 92.1 Å². The summed E-state index contributed by atoms with van der Waals surface area (Å²) in [6, 6.07) is 17.4. The van der Waals surface area contributed by atoms with E-state index in [1.54, 1.807) is 0 Å². The third kappa shape index (κ3) is 11.5. The summed E-state index contributed by atoms with van der Waals surface area (Å²) in [5.41, 5.74) is 7.67. The van der Waals surface area contributed by atoms with E-state index in [0.717, 1.165) is 57.9 Å². The molecular formula is C47H65N4O5+. The van der Waals surface area contributed by atoms with Gasteiger partial charge in [-0.1, -0.05) is 87.0 Å². The normalized spacial score (nSPS) is 19.9. The number of unbranched alkanes of at least 4 members (excludes halogenated alkanes) is 2. The molecule has 0 spiro atoms. The Kier molecular flexibility index (Phi) is 16.1. The molecular weight excluding hydrogens is 701 g/mol. The summed E-state index contributed by atoms with van der Waals surface area (Å²) in [6.45, 7) is 12.7. The summed E-state index contributed by atoms with van der Waals surface area (Å²) in [4.78, 5) is 27.0. The smallest absolute Gasteiger partial charge is 0.407 e. The van der Waals surface area contributed by atoms with Crippen LogP contribution < -0.4 is 15.5 Å². The van der Waals surface area contributed by atoms with Gasteiger partial charge in [-0.3, -0.25) is 4.79 Å². The number of hydrogen-bond acceptors (Lipinski definition) is 6. The number of carbonyl (C=O) groups is 2. The van der Waals surface area contributed by atoms with Gasteiger partial charge in [-0.05, 0) is 76.5 Å². The molecule has 0 bridgehead atoms. The molecule has 2 aliphatic heterocycles. The molecule has 2 aromatic rings. The predicted molar refractivity (Wildman–Crippen MR) is 227 cm³/mol. The Morgan fingerprint density at radius 2 is 1.52 bits per heavy atom. The first-order valence-corrected chi connectivity index (χ1v) is 20.8. The van der Waals surface area contributed by atoms with E-state index in [-0.39, 0.29) is 28.9 Å². The highest BCUT2D eigenvalue weighted by Gasteiger charge is 2.42. The fourth-order valence-corrected chi connectivity index (χ4v) is 8.11. The predicted octanol–water partition coefficient (Wildman–Crippen LogP) is 8.81. The zero-order valence-electron chi connectivity index (χ0n) is 34.5. The van der Waals surface area contributed by atoms with Gasteiger partial charge >= 0.3 is 6.09 Å². The molecule has 1 atom stereocenters. The van der Waals surface area contributed by atoms with Crippen LogP contribution >= 0.6 is 0 Å². The van der Waals surface area contributed by atoms with Crippen LogP contribution in [0, 0.1) is 0 Å². The second-order valence-corrected chi connectivity index (χ2v) is 16.0. The summed E-state index contributed by atoms with van der Waals surface area (Å²) in [7, 11) is 2.15. The molecule has 9 heteroatoms. The second-order valence-electron chi connectivity index (χ2n) is 16.0. The van der Waals surface area contributed by atoms with E-state index in [4.69, 9.17) is 14.2 Å². The molecule has 2 heterocycles. The number of nitrogens with zero attached hydrogens (tertiary/aromatic N) is 2. The lowest BCUT2D eigenvalue weighted by molar-refractivity contribution is -0.401. The molecule has 0 saturated heterocycles. The van der Waals surface area contributed by atoms with E-state index in [0.29, 0.717) is 45.9 Å². The minimum Gasteiger partial charge on any atom is -0.446 e. The lowest BCUT2D eigenvalue weighted by atomic mass is 9.81. The molecule has 0 fully saturated rings. The van der Waals surface area contributed by atoms with Crippen LogP contribution in [0.1, 0.15) is 96.6 Å². The van der Waals surface area contributed by atoms with Gasteiger partial charge in [-0.15, -0.1) is 0 Å². The number of carbonyl (C=O) groups excluding carboxylic acids is 2. The molecule has 3 aliphatic rings. The minimum absolute atomic E-state index is 0.0170. The van der Waals surface area contributed by atoms with Crippen molar-refractivity contribution >= 4 is 29.1 Å². The number of amides is 2. The van der Waals surface area contributed by atoms with Crippen LogP contribution in [0.2, 0.25) is 0 Å². The molecule has 2 amide bonds. The molecule has 56 heavy (non-hydrogen) atoms. The summed E-state index contributed by atoms with van der Waals surface area (Å²) in [6.07, 6.45) is 23.1. The Balaban J connectivity index is 0.955. The first-order chi connectivity index (χ1) is 27.1. The number of para-hydroxylation sites is 2. The fourth-order valence-electron chi connectivity index (χ4n) is 8.11. The van der Waals surface area contributed by atoms with Crippen molar-refractivity contribution in [3.05, 3.63) is 108 Å². The molecule has 2 aromatic carbocycles. The zero-order valence-corrected chi connectivity index (χ0v) is 34.5. The number of nitrogens with one attached hydrogen (secondary N) is 2. The number of ether oxygens (including phenoxy) is 3. The van der Waals surface area contributed by atoms with Crippen LogP contribution in [0.25, 0.3) is 0 Å². The molecule has 0 radical (unpaired) electrons. The van der Waals surface area contributed by atoms with Crippen LogP contribution in [-0.4, -0.2) is 81.5 Å². The highest BCUT2D eigenvalue weighted by atomic mass is 16.6. The van der Waals surface area contributed by atoms with Gasteiger partial charge in [0.1, 0.15) is 13.2 Å². The Labute approximate surface area is 335 Å². The first-order valence-electron chi connectivity index (χ1n) is 20.8. The summed E-state index contributed by atoms with van der Waals surface area (Å²) in [5, 5.41) is 5.72. The third-order valence-electron chi connectivity index (χ3n) is 11.2. The lowest BCUT2D eigenvalue weighted by Crippen LogP contribution is -2.32. The standard InChI is InChI=1S/C47H64N4O5/c1-46(2)38-23-16-18-25-40(38)50(5)42(46)27-13-9-14-28-43-47(3,4)39-24-17-19-26-41(39)51(43)32-20-10-15-29-44(52)48-30-33-54-35-36-55-34-31-49-45(53)56-37-21-11-7-6-8-12-22-37/h6-7,9,13-14,16-19,23-28,37H,8,10-12,15,20-22,29-36H2,1-5H3,(H-,48,49,52,53)/p+1/b7-6-. The maximum absolute atomic E-state index is 12.5. The van der Waals surface area contributed by atoms with Crippen LogP contribution in [0.4, 0.5) is 16.2 Å². The number of anilines is 1.